The maximum atomic E-state index is 13.3. The molecular formula is C23H32N4O5. The first-order chi connectivity index (χ1) is 15.2. The van der Waals surface area contributed by atoms with Gasteiger partial charge in [-0.15, -0.1) is 0 Å². The van der Waals surface area contributed by atoms with E-state index in [1.54, 1.807) is 50.2 Å². The second kappa shape index (κ2) is 10.1. The Kier molecular flexibility index (Phi) is 7.52. The SMILES string of the molecule is CO[C@@H]1CN(C)C(=O)c2cc(NC(=O)c3cc(C)on3)ccc2OC[C@H](C)N(C)C[C@@H]1C. The minimum Gasteiger partial charge on any atom is -0.491 e. The molecule has 1 N–H and O–H groups in total. The van der Waals surface area contributed by atoms with E-state index in [4.69, 9.17) is 14.0 Å². The minimum atomic E-state index is -0.416. The van der Waals surface area contributed by atoms with Crippen LogP contribution >= 0.6 is 0 Å². The molecule has 0 saturated heterocycles. The summed E-state index contributed by atoms with van der Waals surface area (Å²) in [6.07, 6.45) is -0.110. The highest BCUT2D eigenvalue weighted by molar-refractivity contribution is 6.04. The van der Waals surface area contributed by atoms with Crippen molar-refractivity contribution >= 4 is 17.5 Å². The first-order valence-corrected chi connectivity index (χ1v) is 10.7. The lowest BCUT2D eigenvalue weighted by Gasteiger charge is -2.34. The van der Waals surface area contributed by atoms with Gasteiger partial charge in [-0.3, -0.25) is 14.5 Å². The molecule has 1 aliphatic heterocycles. The van der Waals surface area contributed by atoms with Crippen LogP contribution in [0.3, 0.4) is 0 Å². The van der Waals surface area contributed by atoms with Crippen LogP contribution in [0.15, 0.2) is 28.8 Å². The highest BCUT2D eigenvalue weighted by Gasteiger charge is 2.27. The molecule has 0 unspecified atom stereocenters. The van der Waals surface area contributed by atoms with Gasteiger partial charge in [0, 0.05) is 45.0 Å². The summed E-state index contributed by atoms with van der Waals surface area (Å²) in [7, 11) is 5.47. The Morgan fingerprint density at radius 3 is 2.62 bits per heavy atom. The summed E-state index contributed by atoms with van der Waals surface area (Å²) in [6.45, 7) is 7.61. The Labute approximate surface area is 188 Å². The van der Waals surface area contributed by atoms with E-state index in [1.807, 2.05) is 0 Å². The van der Waals surface area contributed by atoms with Gasteiger partial charge in [-0.05, 0) is 45.0 Å². The van der Waals surface area contributed by atoms with Crippen LogP contribution in [0.4, 0.5) is 5.69 Å². The number of fused-ring (bicyclic) bond motifs is 1. The Morgan fingerprint density at radius 1 is 1.22 bits per heavy atom. The van der Waals surface area contributed by atoms with Gasteiger partial charge in [-0.2, -0.15) is 0 Å². The molecule has 1 aromatic heterocycles. The van der Waals surface area contributed by atoms with E-state index in [2.05, 4.69) is 36.3 Å². The Bertz CT molecular complexity index is 960. The summed E-state index contributed by atoms with van der Waals surface area (Å²) in [4.78, 5) is 29.6. The number of benzene rings is 1. The fourth-order valence-electron chi connectivity index (χ4n) is 3.70. The zero-order valence-corrected chi connectivity index (χ0v) is 19.5. The molecular weight excluding hydrogens is 412 g/mol. The van der Waals surface area contributed by atoms with Gasteiger partial charge in [0.2, 0.25) is 0 Å². The average Bonchev–Trinajstić information content (AvgIpc) is 3.21. The number of rotatable bonds is 3. The van der Waals surface area contributed by atoms with Gasteiger partial charge in [0.1, 0.15) is 18.1 Å². The summed E-state index contributed by atoms with van der Waals surface area (Å²) in [5.74, 6) is 0.612. The molecule has 0 aliphatic carbocycles. The van der Waals surface area contributed by atoms with E-state index >= 15 is 0 Å². The van der Waals surface area contributed by atoms with Gasteiger partial charge < -0.3 is 24.2 Å². The number of hydrogen-bond donors (Lipinski definition) is 1. The van der Waals surface area contributed by atoms with E-state index in [1.165, 1.54) is 0 Å². The summed E-state index contributed by atoms with van der Waals surface area (Å²) in [5, 5.41) is 6.50. The summed E-state index contributed by atoms with van der Waals surface area (Å²) in [6, 6.07) is 6.74. The number of hydrogen-bond acceptors (Lipinski definition) is 7. The van der Waals surface area contributed by atoms with Gasteiger partial charge >= 0.3 is 0 Å². The number of ether oxygens (including phenoxy) is 2. The van der Waals surface area contributed by atoms with Gasteiger partial charge in [-0.25, -0.2) is 0 Å². The quantitative estimate of drug-likeness (QED) is 0.777. The maximum absolute atomic E-state index is 13.3. The van der Waals surface area contributed by atoms with E-state index in [-0.39, 0.29) is 29.7 Å². The monoisotopic (exact) mass is 444 g/mol. The van der Waals surface area contributed by atoms with Crippen LogP contribution in [0, 0.1) is 12.8 Å². The Morgan fingerprint density at radius 2 is 1.97 bits per heavy atom. The van der Waals surface area contributed by atoms with Gasteiger partial charge in [0.15, 0.2) is 5.69 Å². The zero-order chi connectivity index (χ0) is 23.4. The van der Waals surface area contributed by atoms with Gasteiger partial charge in [0.05, 0.1) is 11.7 Å². The lowest BCUT2D eigenvalue weighted by atomic mass is 10.0. The lowest BCUT2D eigenvalue weighted by molar-refractivity contribution is 0.0150. The molecule has 1 aromatic carbocycles. The van der Waals surface area contributed by atoms with Crippen molar-refractivity contribution in [3.8, 4) is 5.75 Å². The Hall–Kier alpha value is -2.91. The van der Waals surface area contributed by atoms with Crippen molar-refractivity contribution in [1.29, 1.82) is 0 Å². The molecule has 0 bridgehead atoms. The Balaban J connectivity index is 1.90. The van der Waals surface area contributed by atoms with Crippen LogP contribution in [-0.2, 0) is 4.74 Å². The summed E-state index contributed by atoms with van der Waals surface area (Å²) >= 11 is 0. The molecule has 2 aromatic rings. The zero-order valence-electron chi connectivity index (χ0n) is 19.5. The maximum Gasteiger partial charge on any atom is 0.277 e. The largest absolute Gasteiger partial charge is 0.491 e. The molecule has 0 spiro atoms. The number of carbonyl (C=O) groups is 2. The molecule has 0 radical (unpaired) electrons. The fraction of sp³-hybridized carbons (Fsp3) is 0.522. The molecule has 3 rings (SSSR count). The highest BCUT2D eigenvalue weighted by atomic mass is 16.5. The van der Waals surface area contributed by atoms with E-state index in [0.717, 1.165) is 6.54 Å². The third-order valence-electron chi connectivity index (χ3n) is 5.87. The number of aryl methyl sites for hydroxylation is 1. The van der Waals surface area contributed by atoms with Crippen LogP contribution in [-0.4, -0.2) is 79.8 Å². The molecule has 2 amide bonds. The topological polar surface area (TPSA) is 97.1 Å². The molecule has 3 atom stereocenters. The summed E-state index contributed by atoms with van der Waals surface area (Å²) in [5.41, 5.74) is 1.01. The van der Waals surface area contributed by atoms with E-state index in [9.17, 15) is 9.59 Å². The number of carbonyl (C=O) groups excluding carboxylic acids is 2. The third-order valence-corrected chi connectivity index (χ3v) is 5.87. The molecule has 9 heteroatoms. The number of amides is 2. The number of methoxy groups -OCH3 is 1. The number of anilines is 1. The first-order valence-electron chi connectivity index (χ1n) is 10.7. The van der Waals surface area contributed by atoms with E-state index < -0.39 is 5.91 Å². The first kappa shape index (κ1) is 23.7. The minimum absolute atomic E-state index is 0.110. The predicted octanol–water partition coefficient (Wildman–Crippen LogP) is 2.67. The molecule has 32 heavy (non-hydrogen) atoms. The number of nitrogens with zero attached hydrogens (tertiary/aromatic N) is 3. The number of nitrogens with one attached hydrogen (secondary N) is 1. The van der Waals surface area contributed by atoms with Crippen LogP contribution in [0.2, 0.25) is 0 Å². The smallest absolute Gasteiger partial charge is 0.277 e. The second-order valence-corrected chi connectivity index (χ2v) is 8.52. The number of aromatic nitrogens is 1. The van der Waals surface area contributed by atoms with Crippen molar-refractivity contribution in [3.63, 3.8) is 0 Å². The van der Waals surface area contributed by atoms with Crippen molar-refractivity contribution < 1.29 is 23.6 Å². The van der Waals surface area contributed by atoms with Gasteiger partial charge in [0.25, 0.3) is 11.8 Å². The fourth-order valence-corrected chi connectivity index (χ4v) is 3.70. The molecule has 174 valence electrons. The van der Waals surface area contributed by atoms with Crippen LogP contribution in [0.5, 0.6) is 5.75 Å². The van der Waals surface area contributed by atoms with Crippen molar-refractivity contribution in [2.75, 3.05) is 46.2 Å². The van der Waals surface area contributed by atoms with E-state index in [0.29, 0.717) is 35.9 Å². The van der Waals surface area contributed by atoms with Crippen molar-refractivity contribution in [2.24, 2.45) is 5.92 Å². The second-order valence-electron chi connectivity index (χ2n) is 8.52. The van der Waals surface area contributed by atoms with Crippen LogP contribution < -0.4 is 10.1 Å². The molecule has 2 heterocycles. The lowest BCUT2D eigenvalue weighted by Crippen LogP contribution is -2.45. The molecule has 1 aliphatic rings. The molecule has 0 saturated carbocycles. The van der Waals surface area contributed by atoms with Crippen LogP contribution in [0.25, 0.3) is 0 Å². The average molecular weight is 445 g/mol. The van der Waals surface area contributed by atoms with Crippen molar-refractivity contribution in [2.45, 2.75) is 32.9 Å². The molecule has 0 fully saturated rings. The van der Waals surface area contributed by atoms with Crippen LogP contribution in [0.1, 0.15) is 40.5 Å². The standard InChI is InChI=1S/C23H32N4O5/c1-14-11-26(4)15(2)13-31-20-8-7-17(24-22(28)19-9-16(3)32-25-19)10-18(20)23(29)27(5)12-21(14)30-6/h7-10,14-15,21H,11-13H2,1-6H3,(H,24,28)/t14-,15-,21+/m0/s1. The highest BCUT2D eigenvalue weighted by Crippen LogP contribution is 2.26. The third kappa shape index (κ3) is 5.46. The van der Waals surface area contributed by atoms with Gasteiger partial charge in [-0.1, -0.05) is 12.1 Å². The van der Waals surface area contributed by atoms with Crippen molar-refractivity contribution in [3.05, 3.63) is 41.3 Å². The number of likely N-dealkylation sites (N-methyl/N-ethyl adjacent to an activating group) is 2. The summed E-state index contributed by atoms with van der Waals surface area (Å²) < 4.78 is 16.7. The normalized spacial score (nSPS) is 23.0. The predicted molar refractivity (Wildman–Crippen MR) is 120 cm³/mol. The molecule has 9 nitrogen and oxygen atoms in total. The van der Waals surface area contributed by atoms with Crippen molar-refractivity contribution in [1.82, 2.24) is 15.0 Å².